The average molecular weight is 263 g/mol. The highest BCUT2D eigenvalue weighted by Gasteiger charge is 2.08. The number of carbonyl (C=O) groups is 1. The van der Waals surface area contributed by atoms with Crippen molar-refractivity contribution in [1.82, 2.24) is 0 Å². The van der Waals surface area contributed by atoms with Crippen molar-refractivity contribution in [2.24, 2.45) is 5.73 Å². The lowest BCUT2D eigenvalue weighted by Gasteiger charge is -2.09. The summed E-state index contributed by atoms with van der Waals surface area (Å²) in [6.07, 6.45) is 1.03. The molecule has 0 aliphatic carbocycles. The Labute approximate surface area is 109 Å². The molecule has 0 saturated carbocycles. The lowest BCUT2D eigenvalue weighted by atomic mass is 10.2. The van der Waals surface area contributed by atoms with Crippen molar-refractivity contribution in [3.8, 4) is 0 Å². The first-order valence-electron chi connectivity index (χ1n) is 6.26. The molecule has 0 heterocycles. The van der Waals surface area contributed by atoms with Crippen molar-refractivity contribution in [3.63, 3.8) is 0 Å². The second-order valence-electron chi connectivity index (χ2n) is 3.81. The zero-order valence-electron chi connectivity index (χ0n) is 11.4. The minimum absolute atomic E-state index is 0.118. The molecule has 0 aromatic carbocycles. The Balaban J connectivity index is 3.17. The molecule has 0 rings (SSSR count). The molecule has 0 aromatic rings. The van der Waals surface area contributed by atoms with Crippen LogP contribution in [0.15, 0.2) is 0 Å². The van der Waals surface area contributed by atoms with Crippen molar-refractivity contribution < 1.29 is 23.7 Å². The first kappa shape index (κ1) is 17.3. The van der Waals surface area contributed by atoms with Crippen molar-refractivity contribution in [3.05, 3.63) is 0 Å². The molecular formula is C12H25NO5. The van der Waals surface area contributed by atoms with E-state index in [-0.39, 0.29) is 25.0 Å². The SMILES string of the molecule is CCC(N)CC(=O)OCCOCCOCCOC. The van der Waals surface area contributed by atoms with Gasteiger partial charge in [0.2, 0.25) is 0 Å². The van der Waals surface area contributed by atoms with E-state index in [0.29, 0.717) is 33.0 Å². The molecule has 0 aliphatic heterocycles. The Morgan fingerprint density at radius 1 is 1.06 bits per heavy atom. The quantitative estimate of drug-likeness (QED) is 0.404. The normalized spacial score (nSPS) is 12.4. The number of rotatable bonds is 12. The van der Waals surface area contributed by atoms with Gasteiger partial charge in [0.05, 0.1) is 39.5 Å². The molecule has 108 valence electrons. The van der Waals surface area contributed by atoms with Crippen molar-refractivity contribution >= 4 is 5.97 Å². The summed E-state index contributed by atoms with van der Waals surface area (Å²) in [6, 6.07) is -0.118. The summed E-state index contributed by atoms with van der Waals surface area (Å²) in [4.78, 5) is 11.2. The number of nitrogens with two attached hydrogens (primary N) is 1. The van der Waals surface area contributed by atoms with Crippen LogP contribution >= 0.6 is 0 Å². The van der Waals surface area contributed by atoms with Crippen LogP contribution < -0.4 is 5.73 Å². The zero-order valence-corrected chi connectivity index (χ0v) is 11.4. The van der Waals surface area contributed by atoms with Gasteiger partial charge in [-0.2, -0.15) is 0 Å². The summed E-state index contributed by atoms with van der Waals surface area (Å²) in [5.74, 6) is -0.274. The fraction of sp³-hybridized carbons (Fsp3) is 0.917. The molecule has 0 saturated heterocycles. The van der Waals surface area contributed by atoms with Crippen LogP contribution in [-0.2, 0) is 23.7 Å². The lowest BCUT2D eigenvalue weighted by molar-refractivity contribution is -0.145. The van der Waals surface area contributed by atoms with E-state index in [1.54, 1.807) is 7.11 Å². The molecule has 0 amide bonds. The van der Waals surface area contributed by atoms with Gasteiger partial charge < -0.3 is 24.7 Å². The number of hydrogen-bond acceptors (Lipinski definition) is 6. The monoisotopic (exact) mass is 263 g/mol. The van der Waals surface area contributed by atoms with E-state index < -0.39 is 0 Å². The Morgan fingerprint density at radius 2 is 1.61 bits per heavy atom. The van der Waals surface area contributed by atoms with E-state index in [9.17, 15) is 4.79 Å². The summed E-state index contributed by atoms with van der Waals surface area (Å²) in [7, 11) is 1.62. The van der Waals surface area contributed by atoms with Gasteiger partial charge in [-0.05, 0) is 6.42 Å². The third-order valence-electron chi connectivity index (χ3n) is 2.25. The van der Waals surface area contributed by atoms with E-state index >= 15 is 0 Å². The standard InChI is InChI=1S/C12H25NO5/c1-3-11(13)10-12(14)18-9-8-17-7-6-16-5-4-15-2/h11H,3-10,13H2,1-2H3. The van der Waals surface area contributed by atoms with Gasteiger partial charge in [0.25, 0.3) is 0 Å². The van der Waals surface area contributed by atoms with E-state index in [1.807, 2.05) is 6.92 Å². The van der Waals surface area contributed by atoms with E-state index in [1.165, 1.54) is 0 Å². The topological polar surface area (TPSA) is 80.0 Å². The van der Waals surface area contributed by atoms with Gasteiger partial charge >= 0.3 is 5.97 Å². The van der Waals surface area contributed by atoms with Gasteiger partial charge in [0.1, 0.15) is 6.61 Å². The molecule has 6 heteroatoms. The minimum Gasteiger partial charge on any atom is -0.463 e. The predicted octanol–water partition coefficient (Wildman–Crippen LogP) is 0.337. The number of methoxy groups -OCH3 is 1. The second-order valence-corrected chi connectivity index (χ2v) is 3.81. The van der Waals surface area contributed by atoms with Gasteiger partial charge in [0.15, 0.2) is 0 Å². The highest BCUT2D eigenvalue weighted by Crippen LogP contribution is 1.95. The summed E-state index contributed by atoms with van der Waals surface area (Å²) >= 11 is 0. The second kappa shape index (κ2) is 12.8. The van der Waals surface area contributed by atoms with Crippen LogP contribution in [0.2, 0.25) is 0 Å². The van der Waals surface area contributed by atoms with Gasteiger partial charge in [0, 0.05) is 13.2 Å². The molecule has 1 unspecified atom stereocenters. The number of ether oxygens (including phenoxy) is 4. The van der Waals surface area contributed by atoms with Crippen molar-refractivity contribution in [2.75, 3.05) is 46.8 Å². The highest BCUT2D eigenvalue weighted by atomic mass is 16.6. The van der Waals surface area contributed by atoms with E-state index in [4.69, 9.17) is 24.7 Å². The van der Waals surface area contributed by atoms with Gasteiger partial charge in [-0.25, -0.2) is 0 Å². The fourth-order valence-electron chi connectivity index (χ4n) is 1.10. The van der Waals surface area contributed by atoms with Crippen LogP contribution in [0.5, 0.6) is 0 Å². The molecule has 2 N–H and O–H groups in total. The van der Waals surface area contributed by atoms with Crippen LogP contribution in [0.4, 0.5) is 0 Å². The molecule has 0 radical (unpaired) electrons. The fourth-order valence-corrected chi connectivity index (χ4v) is 1.10. The maximum absolute atomic E-state index is 11.2. The maximum Gasteiger partial charge on any atom is 0.307 e. The molecule has 0 aliphatic rings. The van der Waals surface area contributed by atoms with Gasteiger partial charge in [-0.1, -0.05) is 6.92 Å². The Morgan fingerprint density at radius 3 is 2.17 bits per heavy atom. The number of carbonyl (C=O) groups excluding carboxylic acids is 1. The number of esters is 1. The van der Waals surface area contributed by atoms with Crippen LogP contribution in [0.25, 0.3) is 0 Å². The summed E-state index contributed by atoms with van der Waals surface area (Å²) in [5.41, 5.74) is 5.62. The third kappa shape index (κ3) is 11.8. The molecule has 0 bridgehead atoms. The first-order chi connectivity index (χ1) is 8.70. The van der Waals surface area contributed by atoms with Crippen LogP contribution in [0.1, 0.15) is 19.8 Å². The molecule has 6 nitrogen and oxygen atoms in total. The first-order valence-corrected chi connectivity index (χ1v) is 6.26. The smallest absolute Gasteiger partial charge is 0.307 e. The van der Waals surface area contributed by atoms with Crippen LogP contribution in [-0.4, -0.2) is 58.8 Å². The molecule has 0 aromatic heterocycles. The van der Waals surface area contributed by atoms with Gasteiger partial charge in [-0.15, -0.1) is 0 Å². The van der Waals surface area contributed by atoms with Gasteiger partial charge in [-0.3, -0.25) is 4.79 Å². The molecule has 1 atom stereocenters. The van der Waals surface area contributed by atoms with Crippen LogP contribution in [0, 0.1) is 0 Å². The molecule has 0 spiro atoms. The average Bonchev–Trinajstić information content (AvgIpc) is 2.36. The van der Waals surface area contributed by atoms with E-state index in [0.717, 1.165) is 6.42 Å². The summed E-state index contributed by atoms with van der Waals surface area (Å²) in [6.45, 7) is 4.70. The largest absolute Gasteiger partial charge is 0.463 e. The molecule has 0 fully saturated rings. The Bertz CT molecular complexity index is 201. The van der Waals surface area contributed by atoms with Crippen LogP contribution in [0.3, 0.4) is 0 Å². The van der Waals surface area contributed by atoms with E-state index in [2.05, 4.69) is 0 Å². The zero-order chi connectivity index (χ0) is 13.6. The lowest BCUT2D eigenvalue weighted by Crippen LogP contribution is -2.24. The summed E-state index contributed by atoms with van der Waals surface area (Å²) in [5, 5.41) is 0. The summed E-state index contributed by atoms with van der Waals surface area (Å²) < 4.78 is 20.2. The van der Waals surface area contributed by atoms with Crippen molar-refractivity contribution in [1.29, 1.82) is 0 Å². The Kier molecular flexibility index (Phi) is 12.3. The number of hydrogen-bond donors (Lipinski definition) is 1. The Hall–Kier alpha value is -0.690. The minimum atomic E-state index is -0.274. The molecular weight excluding hydrogens is 238 g/mol. The maximum atomic E-state index is 11.2. The third-order valence-corrected chi connectivity index (χ3v) is 2.25. The molecule has 18 heavy (non-hydrogen) atoms. The van der Waals surface area contributed by atoms with Crippen molar-refractivity contribution in [2.45, 2.75) is 25.8 Å². The highest BCUT2D eigenvalue weighted by molar-refractivity contribution is 5.70. The predicted molar refractivity (Wildman–Crippen MR) is 67.4 cm³/mol.